The van der Waals surface area contributed by atoms with Crippen LogP contribution in [0.15, 0.2) is 90.1 Å². The molecule has 0 aliphatic carbocycles. The molecular formula is C31H26N8. The number of nitrogens with zero attached hydrogens (tertiary/aromatic N) is 6. The van der Waals surface area contributed by atoms with Crippen molar-refractivity contribution in [3.8, 4) is 33.8 Å². The maximum absolute atomic E-state index is 4.66. The molecule has 0 unspecified atom stereocenters. The Kier molecular flexibility index (Phi) is 5.51. The highest BCUT2D eigenvalue weighted by atomic mass is 15.2. The Labute approximate surface area is 225 Å². The third kappa shape index (κ3) is 3.97. The number of anilines is 3. The van der Waals surface area contributed by atoms with Crippen LogP contribution < -0.4 is 16.3 Å². The van der Waals surface area contributed by atoms with Gasteiger partial charge in [-0.1, -0.05) is 60.7 Å². The zero-order valence-corrected chi connectivity index (χ0v) is 21.7. The lowest BCUT2D eigenvalue weighted by molar-refractivity contribution is 0.779. The smallest absolute Gasteiger partial charge is 0.246 e. The summed E-state index contributed by atoms with van der Waals surface area (Å²) in [6, 6.07) is 27.0. The second kappa shape index (κ2) is 9.33. The van der Waals surface area contributed by atoms with Crippen molar-refractivity contribution in [3.63, 3.8) is 0 Å². The summed E-state index contributed by atoms with van der Waals surface area (Å²) < 4.78 is 2.22. The molecule has 0 atom stereocenters. The van der Waals surface area contributed by atoms with Crippen molar-refractivity contribution in [2.75, 3.05) is 24.2 Å². The van der Waals surface area contributed by atoms with Crippen molar-refractivity contribution >= 4 is 28.1 Å². The van der Waals surface area contributed by atoms with E-state index in [1.807, 2.05) is 36.5 Å². The van der Waals surface area contributed by atoms with Gasteiger partial charge in [-0.3, -0.25) is 4.99 Å². The van der Waals surface area contributed by atoms with Crippen molar-refractivity contribution in [2.24, 2.45) is 4.99 Å². The van der Waals surface area contributed by atoms with Gasteiger partial charge in [0, 0.05) is 59.5 Å². The molecule has 3 aliphatic heterocycles. The zero-order chi connectivity index (χ0) is 26.3. The quantitative estimate of drug-likeness (QED) is 0.318. The third-order valence-electron chi connectivity index (χ3n) is 7.21. The number of pyridine rings is 1. The van der Waals surface area contributed by atoms with Gasteiger partial charge in [-0.15, -0.1) is 10.2 Å². The second-order valence-electron chi connectivity index (χ2n) is 9.62. The first kappa shape index (κ1) is 23.0. The van der Waals surface area contributed by atoms with Gasteiger partial charge in [-0.05, 0) is 36.2 Å². The number of nitrogens with one attached hydrogen (secondary N) is 2. The molecule has 0 bridgehead atoms. The summed E-state index contributed by atoms with van der Waals surface area (Å²) in [6.45, 7) is 3.84. The molecule has 2 N–H and O–H groups in total. The molecule has 0 radical (unpaired) electrons. The molecule has 190 valence electrons. The highest BCUT2D eigenvalue weighted by molar-refractivity contribution is 6.01. The third-order valence-corrected chi connectivity index (χ3v) is 7.21. The summed E-state index contributed by atoms with van der Waals surface area (Å²) in [5, 5.41) is 18.3. The fourth-order valence-electron chi connectivity index (χ4n) is 5.36. The van der Waals surface area contributed by atoms with Crippen LogP contribution in [0.4, 0.5) is 17.3 Å². The van der Waals surface area contributed by atoms with Gasteiger partial charge in [-0.2, -0.15) is 4.98 Å². The molecule has 8 heteroatoms. The lowest BCUT2D eigenvalue weighted by atomic mass is 9.98. The van der Waals surface area contributed by atoms with Crippen LogP contribution in [0.2, 0.25) is 0 Å². The fraction of sp³-hybridized carbons (Fsp3) is 0.129. The normalized spacial score (nSPS) is 13.0. The minimum Gasteiger partial charge on any atom is -0.369 e. The van der Waals surface area contributed by atoms with E-state index in [0.717, 1.165) is 80.5 Å². The monoisotopic (exact) mass is 510 g/mol. The average Bonchev–Trinajstić information content (AvgIpc) is 3.48. The standard InChI is InChI=1S/C31H26N8/c1-19-16-22(35-28-25-11-7-6-10-24(25)27(37-38-28)20-8-4-3-5-9-20)12-13-23(19)26-17-21-18-34-31(32-2)36-29(21)39-15-14-33-30(26)39/h3-13,16-18,33H,14-15H2,1-2H3,(H,35,38). The number of fused-ring (bicyclic) bond motifs is 4. The molecule has 0 amide bonds. The first-order chi connectivity index (χ1) is 19.2. The highest BCUT2D eigenvalue weighted by Gasteiger charge is 2.23. The van der Waals surface area contributed by atoms with E-state index in [1.54, 1.807) is 7.05 Å². The molecule has 3 aliphatic rings. The fourth-order valence-corrected chi connectivity index (χ4v) is 5.36. The molecule has 8 nitrogen and oxygen atoms in total. The Morgan fingerprint density at radius 1 is 0.872 bits per heavy atom. The van der Waals surface area contributed by atoms with Crippen LogP contribution >= 0.6 is 0 Å². The molecule has 1 aromatic heterocycles. The summed E-state index contributed by atoms with van der Waals surface area (Å²) >= 11 is 0. The number of aromatic nitrogens is 5. The average molecular weight is 511 g/mol. The summed E-state index contributed by atoms with van der Waals surface area (Å²) in [4.78, 5) is 13.2. The van der Waals surface area contributed by atoms with E-state index in [9.17, 15) is 0 Å². The van der Waals surface area contributed by atoms with E-state index >= 15 is 0 Å². The Balaban J connectivity index is 1.27. The van der Waals surface area contributed by atoms with Gasteiger partial charge in [0.25, 0.3) is 0 Å². The Morgan fingerprint density at radius 2 is 1.69 bits per heavy atom. The molecule has 3 aromatic carbocycles. The molecule has 0 fully saturated rings. The van der Waals surface area contributed by atoms with Crippen LogP contribution in [0, 0.1) is 6.92 Å². The van der Waals surface area contributed by atoms with Crippen LogP contribution in [-0.2, 0) is 6.54 Å². The Morgan fingerprint density at radius 3 is 2.51 bits per heavy atom. The van der Waals surface area contributed by atoms with Crippen LogP contribution in [-0.4, -0.2) is 38.3 Å². The number of benzene rings is 3. The predicted molar refractivity (Wildman–Crippen MR) is 155 cm³/mol. The summed E-state index contributed by atoms with van der Waals surface area (Å²) in [5.41, 5.74) is 7.80. The van der Waals surface area contributed by atoms with Gasteiger partial charge in [0.15, 0.2) is 5.82 Å². The summed E-state index contributed by atoms with van der Waals surface area (Å²) in [5.74, 6) is 2.70. The van der Waals surface area contributed by atoms with E-state index in [-0.39, 0.29) is 0 Å². The van der Waals surface area contributed by atoms with E-state index in [1.165, 1.54) is 0 Å². The van der Waals surface area contributed by atoms with Crippen molar-refractivity contribution in [2.45, 2.75) is 13.5 Å². The lowest BCUT2D eigenvalue weighted by Gasteiger charge is -2.19. The van der Waals surface area contributed by atoms with E-state index < -0.39 is 0 Å². The minimum atomic E-state index is 0.496. The molecule has 7 rings (SSSR count). The van der Waals surface area contributed by atoms with Crippen LogP contribution in [0.3, 0.4) is 0 Å². The highest BCUT2D eigenvalue weighted by Crippen LogP contribution is 2.39. The topological polar surface area (TPSA) is 92.9 Å². The van der Waals surface area contributed by atoms with E-state index in [2.05, 4.69) is 95.8 Å². The van der Waals surface area contributed by atoms with Crippen molar-refractivity contribution in [1.29, 1.82) is 0 Å². The first-order valence-electron chi connectivity index (χ1n) is 13.0. The molecule has 0 spiro atoms. The second-order valence-corrected chi connectivity index (χ2v) is 9.62. The number of aryl methyl sites for hydroxylation is 1. The first-order valence-corrected chi connectivity index (χ1v) is 13.0. The van der Waals surface area contributed by atoms with Crippen molar-refractivity contribution in [3.05, 3.63) is 96.2 Å². The van der Waals surface area contributed by atoms with Gasteiger partial charge in [0.05, 0.1) is 0 Å². The van der Waals surface area contributed by atoms with Gasteiger partial charge >= 0.3 is 0 Å². The predicted octanol–water partition coefficient (Wildman–Crippen LogP) is 5.67. The SMILES string of the molecule is CN=c1ncc2cc(-c3ccc(Nc4nnc(-c5ccccc5)c5ccccc45)cc3C)c3n(c-2n1)CCN3. The number of hydrogen-bond acceptors (Lipinski definition) is 7. The molecule has 0 saturated carbocycles. The van der Waals surface area contributed by atoms with Gasteiger partial charge in [-0.25, -0.2) is 4.98 Å². The summed E-state index contributed by atoms with van der Waals surface area (Å²) in [6.07, 6.45) is 1.86. The minimum absolute atomic E-state index is 0.496. The largest absolute Gasteiger partial charge is 0.369 e. The van der Waals surface area contributed by atoms with Crippen LogP contribution in [0.1, 0.15) is 5.56 Å². The number of rotatable bonds is 4. The van der Waals surface area contributed by atoms with Crippen molar-refractivity contribution in [1.82, 2.24) is 24.7 Å². The Bertz CT molecular complexity index is 1890. The molecule has 4 heterocycles. The zero-order valence-electron chi connectivity index (χ0n) is 21.7. The van der Waals surface area contributed by atoms with E-state index in [4.69, 9.17) is 0 Å². The van der Waals surface area contributed by atoms with Crippen molar-refractivity contribution < 1.29 is 0 Å². The van der Waals surface area contributed by atoms with E-state index in [0.29, 0.717) is 5.62 Å². The summed E-state index contributed by atoms with van der Waals surface area (Å²) in [7, 11) is 1.71. The molecule has 4 aromatic rings. The molecular weight excluding hydrogens is 484 g/mol. The maximum atomic E-state index is 4.66. The molecule has 0 saturated heterocycles. The van der Waals surface area contributed by atoms with Gasteiger partial charge in [0.1, 0.15) is 17.3 Å². The van der Waals surface area contributed by atoms with Gasteiger partial charge < -0.3 is 15.2 Å². The number of hydrogen-bond donors (Lipinski definition) is 2. The lowest BCUT2D eigenvalue weighted by Crippen LogP contribution is -2.17. The van der Waals surface area contributed by atoms with Crippen LogP contribution in [0.5, 0.6) is 0 Å². The van der Waals surface area contributed by atoms with Crippen LogP contribution in [0.25, 0.3) is 44.5 Å². The van der Waals surface area contributed by atoms with Gasteiger partial charge in [0.2, 0.25) is 5.62 Å². The maximum Gasteiger partial charge on any atom is 0.246 e. The Hall–Kier alpha value is -5.11. The molecule has 39 heavy (non-hydrogen) atoms.